The number of esters is 1. The summed E-state index contributed by atoms with van der Waals surface area (Å²) in [6.07, 6.45) is -0.926. The van der Waals surface area contributed by atoms with Crippen LogP contribution in [0.5, 0.6) is 11.5 Å². The maximum atomic E-state index is 12.1. The van der Waals surface area contributed by atoms with Gasteiger partial charge in [-0.15, -0.1) is 0 Å². The van der Waals surface area contributed by atoms with E-state index in [2.05, 4.69) is 5.32 Å². The van der Waals surface area contributed by atoms with E-state index < -0.39 is 17.0 Å². The van der Waals surface area contributed by atoms with Crippen molar-refractivity contribution in [1.82, 2.24) is 5.32 Å². The monoisotopic (exact) mass is 392 g/mol. The first-order valence-corrected chi connectivity index (χ1v) is 8.40. The lowest BCUT2D eigenvalue weighted by Crippen LogP contribution is -2.35. The Morgan fingerprint density at radius 3 is 2.48 bits per heavy atom. The highest BCUT2D eigenvalue weighted by Crippen LogP contribution is 2.33. The van der Waals surface area contributed by atoms with Gasteiger partial charge >= 0.3 is 11.7 Å². The minimum atomic E-state index is -0.926. The zero-order chi connectivity index (χ0) is 20.0. The summed E-state index contributed by atoms with van der Waals surface area (Å²) in [6, 6.07) is 9.84. The SMILES string of the molecule is CCNC(=O)[C@@H](C)OC(=O)c1ccc(Oc2ccc(Cl)cc2[N+](=O)[O-])cc1. The second-order valence-electron chi connectivity index (χ2n) is 5.44. The van der Waals surface area contributed by atoms with Gasteiger partial charge in [-0.1, -0.05) is 11.6 Å². The number of halogens is 1. The molecule has 0 aliphatic rings. The van der Waals surface area contributed by atoms with Crippen LogP contribution in [-0.4, -0.2) is 29.4 Å². The average molecular weight is 393 g/mol. The summed E-state index contributed by atoms with van der Waals surface area (Å²) in [5.74, 6) is -0.753. The molecule has 142 valence electrons. The van der Waals surface area contributed by atoms with E-state index in [1.165, 1.54) is 49.4 Å². The Morgan fingerprint density at radius 1 is 1.22 bits per heavy atom. The minimum absolute atomic E-state index is 0.0181. The molecule has 0 aliphatic heterocycles. The van der Waals surface area contributed by atoms with Gasteiger partial charge in [-0.25, -0.2) is 4.79 Å². The lowest BCUT2D eigenvalue weighted by atomic mass is 10.2. The summed E-state index contributed by atoms with van der Waals surface area (Å²) >= 11 is 5.76. The first kappa shape index (κ1) is 20.2. The maximum absolute atomic E-state index is 12.1. The van der Waals surface area contributed by atoms with Crippen LogP contribution in [0.1, 0.15) is 24.2 Å². The molecule has 1 atom stereocenters. The topological polar surface area (TPSA) is 108 Å². The summed E-state index contributed by atoms with van der Waals surface area (Å²) in [5, 5.41) is 13.9. The second-order valence-corrected chi connectivity index (χ2v) is 5.87. The predicted octanol–water partition coefficient (Wildman–Crippen LogP) is 3.72. The lowest BCUT2D eigenvalue weighted by Gasteiger charge is -2.13. The summed E-state index contributed by atoms with van der Waals surface area (Å²) < 4.78 is 10.6. The summed E-state index contributed by atoms with van der Waals surface area (Å²) in [5.41, 5.74) is -0.0640. The van der Waals surface area contributed by atoms with Gasteiger partial charge in [0.15, 0.2) is 6.10 Å². The number of ether oxygens (including phenoxy) is 2. The molecule has 0 heterocycles. The number of likely N-dealkylation sites (N-methyl/N-ethyl adjacent to an activating group) is 1. The Bertz CT molecular complexity index is 853. The van der Waals surface area contributed by atoms with Crippen LogP contribution in [0.2, 0.25) is 5.02 Å². The van der Waals surface area contributed by atoms with Gasteiger partial charge in [0, 0.05) is 17.6 Å². The van der Waals surface area contributed by atoms with Crippen molar-refractivity contribution in [3.63, 3.8) is 0 Å². The predicted molar refractivity (Wildman–Crippen MR) is 98.2 cm³/mol. The molecule has 0 saturated heterocycles. The van der Waals surface area contributed by atoms with Crippen LogP contribution in [0.3, 0.4) is 0 Å². The van der Waals surface area contributed by atoms with E-state index in [0.29, 0.717) is 6.54 Å². The molecule has 0 fully saturated rings. The molecule has 1 N–H and O–H groups in total. The highest BCUT2D eigenvalue weighted by Gasteiger charge is 2.19. The Balaban J connectivity index is 2.08. The molecule has 1 amide bonds. The number of carbonyl (C=O) groups is 2. The van der Waals surface area contributed by atoms with Crippen molar-refractivity contribution >= 4 is 29.2 Å². The Hall–Kier alpha value is -3.13. The molecule has 0 aromatic heterocycles. The molecule has 2 aromatic rings. The molecule has 0 aliphatic carbocycles. The van der Waals surface area contributed by atoms with Crippen molar-refractivity contribution in [3.05, 3.63) is 63.2 Å². The smallest absolute Gasteiger partial charge is 0.338 e. The van der Waals surface area contributed by atoms with Crippen LogP contribution in [-0.2, 0) is 9.53 Å². The van der Waals surface area contributed by atoms with E-state index in [1.807, 2.05) is 0 Å². The normalized spacial score (nSPS) is 11.4. The van der Waals surface area contributed by atoms with Crippen molar-refractivity contribution in [2.75, 3.05) is 6.54 Å². The number of carbonyl (C=O) groups excluding carboxylic acids is 2. The van der Waals surface area contributed by atoms with Crippen LogP contribution in [0.15, 0.2) is 42.5 Å². The minimum Gasteiger partial charge on any atom is -0.450 e. The van der Waals surface area contributed by atoms with Gasteiger partial charge in [-0.05, 0) is 50.2 Å². The number of nitrogens with one attached hydrogen (secondary N) is 1. The van der Waals surface area contributed by atoms with Gasteiger partial charge in [0.1, 0.15) is 5.75 Å². The summed E-state index contributed by atoms with van der Waals surface area (Å²) in [6.45, 7) is 3.67. The first-order chi connectivity index (χ1) is 12.8. The van der Waals surface area contributed by atoms with Crippen molar-refractivity contribution in [3.8, 4) is 11.5 Å². The number of nitro benzene ring substituents is 1. The Labute approximate surface area is 160 Å². The summed E-state index contributed by atoms with van der Waals surface area (Å²) in [4.78, 5) is 34.2. The molecule has 27 heavy (non-hydrogen) atoms. The van der Waals surface area contributed by atoms with Crippen molar-refractivity contribution in [2.24, 2.45) is 0 Å². The molecule has 0 radical (unpaired) electrons. The number of hydrogen-bond acceptors (Lipinski definition) is 6. The third kappa shape index (κ3) is 5.42. The largest absolute Gasteiger partial charge is 0.450 e. The van der Waals surface area contributed by atoms with Crippen molar-refractivity contribution < 1.29 is 24.0 Å². The van der Waals surface area contributed by atoms with Crippen molar-refractivity contribution in [2.45, 2.75) is 20.0 Å². The molecular formula is C18H17ClN2O6. The zero-order valence-electron chi connectivity index (χ0n) is 14.6. The Kier molecular flexibility index (Phi) is 6.73. The number of hydrogen-bond donors (Lipinski definition) is 1. The van der Waals surface area contributed by atoms with Gasteiger partial charge in [0.05, 0.1) is 10.5 Å². The molecule has 0 spiro atoms. The van der Waals surface area contributed by atoms with Gasteiger partial charge in [-0.2, -0.15) is 0 Å². The van der Waals surface area contributed by atoms with Gasteiger partial charge in [0.2, 0.25) is 5.75 Å². The van der Waals surface area contributed by atoms with Gasteiger partial charge < -0.3 is 14.8 Å². The number of benzene rings is 2. The molecule has 8 nitrogen and oxygen atoms in total. The molecule has 0 unspecified atom stereocenters. The number of amides is 1. The van der Waals surface area contributed by atoms with E-state index in [-0.39, 0.29) is 33.7 Å². The zero-order valence-corrected chi connectivity index (χ0v) is 15.4. The fourth-order valence-electron chi connectivity index (χ4n) is 2.11. The fraction of sp³-hybridized carbons (Fsp3) is 0.222. The summed E-state index contributed by atoms with van der Waals surface area (Å²) in [7, 11) is 0. The average Bonchev–Trinajstić information content (AvgIpc) is 2.63. The standard InChI is InChI=1S/C18H17ClN2O6/c1-3-20-17(22)11(2)26-18(23)12-4-7-14(8-5-12)27-16-9-6-13(19)10-15(16)21(24)25/h4-11H,3H2,1-2H3,(H,20,22)/t11-/m1/s1. The molecule has 0 bridgehead atoms. The quantitative estimate of drug-likeness (QED) is 0.437. The van der Waals surface area contributed by atoms with Crippen molar-refractivity contribution in [1.29, 1.82) is 0 Å². The van der Waals surface area contributed by atoms with E-state index in [4.69, 9.17) is 21.1 Å². The van der Waals surface area contributed by atoms with E-state index in [1.54, 1.807) is 6.92 Å². The van der Waals surface area contributed by atoms with Gasteiger partial charge in [-0.3, -0.25) is 14.9 Å². The maximum Gasteiger partial charge on any atom is 0.338 e. The van der Waals surface area contributed by atoms with Gasteiger partial charge in [0.25, 0.3) is 5.91 Å². The van der Waals surface area contributed by atoms with Crippen LogP contribution in [0, 0.1) is 10.1 Å². The van der Waals surface area contributed by atoms with Crippen LogP contribution in [0.25, 0.3) is 0 Å². The van der Waals surface area contributed by atoms with Crippen LogP contribution >= 0.6 is 11.6 Å². The second kappa shape index (κ2) is 9.00. The molecule has 0 saturated carbocycles. The van der Waals surface area contributed by atoms with E-state index >= 15 is 0 Å². The molecule has 2 aromatic carbocycles. The van der Waals surface area contributed by atoms with Crippen LogP contribution < -0.4 is 10.1 Å². The molecule has 2 rings (SSSR count). The lowest BCUT2D eigenvalue weighted by molar-refractivity contribution is -0.385. The number of rotatable bonds is 7. The third-order valence-electron chi connectivity index (χ3n) is 3.44. The fourth-order valence-corrected chi connectivity index (χ4v) is 2.27. The number of nitrogens with zero attached hydrogens (tertiary/aromatic N) is 1. The molecular weight excluding hydrogens is 376 g/mol. The Morgan fingerprint density at radius 2 is 1.89 bits per heavy atom. The third-order valence-corrected chi connectivity index (χ3v) is 3.67. The van der Waals surface area contributed by atoms with E-state index in [9.17, 15) is 19.7 Å². The number of nitro groups is 1. The van der Waals surface area contributed by atoms with Crippen LogP contribution in [0.4, 0.5) is 5.69 Å². The van der Waals surface area contributed by atoms with E-state index in [0.717, 1.165) is 0 Å². The highest BCUT2D eigenvalue weighted by atomic mass is 35.5. The molecule has 9 heteroatoms. The highest BCUT2D eigenvalue weighted by molar-refractivity contribution is 6.30. The first-order valence-electron chi connectivity index (χ1n) is 8.02.